The Morgan fingerprint density at radius 3 is 1.39 bits per heavy atom. The zero-order valence-electron chi connectivity index (χ0n) is 37.6. The predicted molar refractivity (Wildman–Crippen MR) is 244 cm³/mol. The lowest BCUT2D eigenvalue weighted by Gasteiger charge is -2.41. The van der Waals surface area contributed by atoms with E-state index in [1.165, 1.54) is 32.1 Å². The van der Waals surface area contributed by atoms with Crippen molar-refractivity contribution in [3.8, 4) is 0 Å². The van der Waals surface area contributed by atoms with E-state index < -0.39 is 75.7 Å². The molecule has 0 aromatic rings. The molecule has 14 heteroatoms. The standard InChI is InChI=1S/C48H81O13P/c1-3-5-7-9-11-13-15-17-19-20-21-22-23-25-27-29-31-33-35-37-42(50)60-40(39-59-62(56,57)61-48-46(54)44(52)43(51)45(53)47(48)55)38-58-41(49)36-34-32-30-28-26-24-18-16-14-12-10-8-6-4-2/h10-13,16-19,21-22,25,27,40,43-48,51-55H,3-9,14-15,20,23-24,26,28-39H2,1-2H3,(H,56,57)/b12-10-,13-11-,18-16-,19-17-,22-21-,27-25-/t40-,43?,44-,45?,46?,47?,48?/m1/s1. The smallest absolute Gasteiger partial charge is 0.462 e. The zero-order valence-corrected chi connectivity index (χ0v) is 38.5. The van der Waals surface area contributed by atoms with E-state index >= 15 is 0 Å². The summed E-state index contributed by atoms with van der Waals surface area (Å²) in [5, 5.41) is 50.1. The Kier molecular flexibility index (Phi) is 34.8. The Labute approximate surface area is 372 Å². The zero-order chi connectivity index (χ0) is 45.7. The number of aliphatic hydroxyl groups excluding tert-OH is 5. The van der Waals surface area contributed by atoms with Gasteiger partial charge in [-0.15, -0.1) is 0 Å². The van der Waals surface area contributed by atoms with Gasteiger partial charge in [0.15, 0.2) is 6.10 Å². The first-order valence-corrected chi connectivity index (χ1v) is 24.7. The van der Waals surface area contributed by atoms with Crippen molar-refractivity contribution in [3.05, 3.63) is 72.9 Å². The highest BCUT2D eigenvalue weighted by Gasteiger charge is 2.51. The van der Waals surface area contributed by atoms with Gasteiger partial charge in [0.05, 0.1) is 6.61 Å². The molecule has 0 radical (unpaired) electrons. The minimum absolute atomic E-state index is 0.0524. The molecule has 0 aromatic heterocycles. The maximum atomic E-state index is 12.8. The molecular weight excluding hydrogens is 815 g/mol. The number of carbonyl (C=O) groups excluding carboxylic acids is 2. The van der Waals surface area contributed by atoms with Gasteiger partial charge in [-0.1, -0.05) is 138 Å². The van der Waals surface area contributed by atoms with Gasteiger partial charge in [-0.3, -0.25) is 18.6 Å². The van der Waals surface area contributed by atoms with E-state index in [0.29, 0.717) is 12.8 Å². The summed E-state index contributed by atoms with van der Waals surface area (Å²) >= 11 is 0. The number of hydrogen-bond acceptors (Lipinski definition) is 12. The fraction of sp³-hybridized carbons (Fsp3) is 0.708. The number of hydrogen-bond donors (Lipinski definition) is 6. The number of phosphoric acid groups is 1. The van der Waals surface area contributed by atoms with Gasteiger partial charge in [0.25, 0.3) is 0 Å². The molecule has 6 N–H and O–H groups in total. The SMILES string of the molecule is CCCC/C=C\C/C=C\CCCCCCCC(=O)OC[C@H](COP(=O)(O)OC1C(O)C(O)C(O)[C@@H](O)C1O)OC(=O)CCCCC/C=C\C/C=C\C/C=C\C/C=C\CCCCC. The molecule has 13 nitrogen and oxygen atoms in total. The molecule has 1 fully saturated rings. The summed E-state index contributed by atoms with van der Waals surface area (Å²) in [6, 6.07) is 0. The van der Waals surface area contributed by atoms with E-state index in [-0.39, 0.29) is 12.8 Å². The molecule has 0 bridgehead atoms. The average Bonchev–Trinajstić information content (AvgIpc) is 3.25. The number of ether oxygens (including phenoxy) is 2. The van der Waals surface area contributed by atoms with E-state index in [1.54, 1.807) is 0 Å². The van der Waals surface area contributed by atoms with Crippen LogP contribution in [-0.2, 0) is 32.7 Å². The third-order valence-corrected chi connectivity index (χ3v) is 11.3. The summed E-state index contributed by atoms with van der Waals surface area (Å²) in [5.41, 5.74) is 0. The average molecular weight is 897 g/mol. The van der Waals surface area contributed by atoms with Crippen molar-refractivity contribution in [2.75, 3.05) is 13.2 Å². The molecule has 0 saturated heterocycles. The van der Waals surface area contributed by atoms with Crippen LogP contribution in [0.5, 0.6) is 0 Å². The highest BCUT2D eigenvalue weighted by Crippen LogP contribution is 2.47. The van der Waals surface area contributed by atoms with Gasteiger partial charge < -0.3 is 39.9 Å². The van der Waals surface area contributed by atoms with Gasteiger partial charge in [0.2, 0.25) is 0 Å². The summed E-state index contributed by atoms with van der Waals surface area (Å²) in [6.45, 7) is 3.18. The van der Waals surface area contributed by atoms with Crippen LogP contribution in [0.3, 0.4) is 0 Å². The minimum atomic E-state index is -5.13. The number of esters is 2. The molecule has 0 aromatic carbocycles. The van der Waals surface area contributed by atoms with Gasteiger partial charge in [-0.25, -0.2) is 4.57 Å². The van der Waals surface area contributed by atoms with E-state index in [2.05, 4.69) is 86.8 Å². The summed E-state index contributed by atoms with van der Waals surface area (Å²) in [5.74, 6) is -1.16. The van der Waals surface area contributed by atoms with Crippen molar-refractivity contribution >= 4 is 19.8 Å². The topological polar surface area (TPSA) is 210 Å². The highest BCUT2D eigenvalue weighted by atomic mass is 31.2. The lowest BCUT2D eigenvalue weighted by Crippen LogP contribution is -2.64. The van der Waals surface area contributed by atoms with E-state index in [4.69, 9.17) is 18.5 Å². The molecule has 0 aliphatic heterocycles. The van der Waals surface area contributed by atoms with Gasteiger partial charge in [-0.05, 0) is 83.5 Å². The van der Waals surface area contributed by atoms with Gasteiger partial charge in [-0.2, -0.15) is 0 Å². The Morgan fingerprint density at radius 2 is 0.887 bits per heavy atom. The van der Waals surface area contributed by atoms with Crippen LogP contribution in [0.2, 0.25) is 0 Å². The molecule has 356 valence electrons. The van der Waals surface area contributed by atoms with Gasteiger partial charge in [0, 0.05) is 12.8 Å². The van der Waals surface area contributed by atoms with Crippen molar-refractivity contribution in [2.24, 2.45) is 0 Å². The second-order valence-electron chi connectivity index (χ2n) is 15.9. The van der Waals surface area contributed by atoms with Crippen LogP contribution in [0.4, 0.5) is 0 Å². The largest absolute Gasteiger partial charge is 0.472 e. The van der Waals surface area contributed by atoms with E-state index in [0.717, 1.165) is 89.9 Å². The Hall–Kier alpha value is -2.71. The van der Waals surface area contributed by atoms with Crippen LogP contribution >= 0.6 is 7.82 Å². The number of carbonyl (C=O) groups is 2. The molecule has 8 atom stereocenters. The normalized spacial score (nSPS) is 22.5. The molecule has 0 heterocycles. The van der Waals surface area contributed by atoms with E-state index in [9.17, 15) is 44.6 Å². The Balaban J connectivity index is 2.50. The predicted octanol–water partition coefficient (Wildman–Crippen LogP) is 9.11. The van der Waals surface area contributed by atoms with Crippen LogP contribution in [0.15, 0.2) is 72.9 Å². The fourth-order valence-electron chi connectivity index (χ4n) is 6.46. The van der Waals surface area contributed by atoms with Crippen molar-refractivity contribution in [3.63, 3.8) is 0 Å². The summed E-state index contributed by atoms with van der Waals surface area (Å²) in [6.07, 6.45) is 33.8. The summed E-state index contributed by atoms with van der Waals surface area (Å²) < 4.78 is 33.5. The lowest BCUT2D eigenvalue weighted by atomic mass is 9.85. The molecule has 62 heavy (non-hydrogen) atoms. The Bertz CT molecular complexity index is 1360. The number of rotatable bonds is 37. The highest BCUT2D eigenvalue weighted by molar-refractivity contribution is 7.47. The lowest BCUT2D eigenvalue weighted by molar-refractivity contribution is -0.220. The van der Waals surface area contributed by atoms with Crippen LogP contribution in [0.25, 0.3) is 0 Å². The summed E-state index contributed by atoms with van der Waals surface area (Å²) in [4.78, 5) is 35.7. The van der Waals surface area contributed by atoms with Crippen LogP contribution in [0, 0.1) is 0 Å². The van der Waals surface area contributed by atoms with Gasteiger partial charge >= 0.3 is 19.8 Å². The molecular formula is C48H81O13P. The molecule has 6 unspecified atom stereocenters. The maximum Gasteiger partial charge on any atom is 0.472 e. The van der Waals surface area contributed by atoms with Crippen molar-refractivity contribution in [1.82, 2.24) is 0 Å². The van der Waals surface area contributed by atoms with Gasteiger partial charge in [0.1, 0.15) is 43.2 Å². The van der Waals surface area contributed by atoms with Crippen molar-refractivity contribution < 1.29 is 63.1 Å². The first-order valence-electron chi connectivity index (χ1n) is 23.2. The van der Waals surface area contributed by atoms with Crippen LogP contribution in [0.1, 0.15) is 162 Å². The molecule has 0 amide bonds. The monoisotopic (exact) mass is 897 g/mol. The molecule has 1 aliphatic carbocycles. The first-order chi connectivity index (χ1) is 29.9. The Morgan fingerprint density at radius 1 is 0.500 bits per heavy atom. The third kappa shape index (κ3) is 29.6. The quantitative estimate of drug-likeness (QED) is 0.0149. The second kappa shape index (κ2) is 37.6. The van der Waals surface area contributed by atoms with Crippen molar-refractivity contribution in [1.29, 1.82) is 0 Å². The number of aliphatic hydroxyl groups is 5. The molecule has 1 saturated carbocycles. The first kappa shape index (κ1) is 57.3. The molecule has 1 rings (SSSR count). The minimum Gasteiger partial charge on any atom is -0.462 e. The van der Waals surface area contributed by atoms with Crippen LogP contribution in [-0.4, -0.2) is 98.3 Å². The van der Waals surface area contributed by atoms with E-state index in [1.807, 2.05) is 0 Å². The molecule has 0 spiro atoms. The second-order valence-corrected chi connectivity index (χ2v) is 17.3. The van der Waals surface area contributed by atoms with Crippen molar-refractivity contribution in [2.45, 2.75) is 204 Å². The number of unbranched alkanes of at least 4 members (excludes halogenated alkanes) is 13. The molecule has 1 aliphatic rings. The maximum absolute atomic E-state index is 12.8. The fourth-order valence-corrected chi connectivity index (χ4v) is 7.43. The number of phosphoric ester groups is 1. The van der Waals surface area contributed by atoms with Crippen LogP contribution < -0.4 is 0 Å². The summed E-state index contributed by atoms with van der Waals surface area (Å²) in [7, 11) is -5.13. The number of allylic oxidation sites excluding steroid dienone is 12. The third-order valence-electron chi connectivity index (χ3n) is 10.3.